The van der Waals surface area contributed by atoms with Crippen molar-refractivity contribution in [1.29, 1.82) is 0 Å². The van der Waals surface area contributed by atoms with E-state index in [2.05, 4.69) is 10.2 Å². The Bertz CT molecular complexity index is 1300. The van der Waals surface area contributed by atoms with Crippen LogP contribution in [0.15, 0.2) is 51.2 Å². The largest absolute Gasteiger partial charge is 0.486 e. The van der Waals surface area contributed by atoms with Gasteiger partial charge in [-0.15, -0.1) is 10.2 Å². The Hall–Kier alpha value is -3.04. The Morgan fingerprint density at radius 3 is 2.79 bits per heavy atom. The van der Waals surface area contributed by atoms with Crippen LogP contribution in [-0.4, -0.2) is 40.8 Å². The Morgan fingerprint density at radius 2 is 1.97 bits per heavy atom. The number of hydrogen-bond acceptors (Lipinski definition) is 8. The van der Waals surface area contributed by atoms with Crippen molar-refractivity contribution in [1.82, 2.24) is 15.1 Å². The number of furan rings is 1. The van der Waals surface area contributed by atoms with Gasteiger partial charge in [0.2, 0.25) is 0 Å². The summed E-state index contributed by atoms with van der Waals surface area (Å²) in [5, 5.41) is 10.1. The maximum atomic E-state index is 13.7. The first kappa shape index (κ1) is 21.8. The van der Waals surface area contributed by atoms with Gasteiger partial charge in [-0.1, -0.05) is 53.4 Å². The van der Waals surface area contributed by atoms with E-state index < -0.39 is 0 Å². The summed E-state index contributed by atoms with van der Waals surface area (Å²) in [6, 6.07) is 13.5. The van der Waals surface area contributed by atoms with Crippen LogP contribution >= 0.6 is 23.1 Å². The fourth-order valence-electron chi connectivity index (χ4n) is 3.82. The molecule has 0 spiro atoms. The highest BCUT2D eigenvalue weighted by molar-refractivity contribution is 8.00. The van der Waals surface area contributed by atoms with Crippen LogP contribution in [0.5, 0.6) is 11.5 Å². The quantitative estimate of drug-likeness (QED) is 0.331. The highest BCUT2D eigenvalue weighted by Crippen LogP contribution is 2.36. The molecule has 5 rings (SSSR count). The number of fused-ring (bicyclic) bond motifs is 2. The number of nitrogens with zero attached hydrogens (tertiary/aromatic N) is 3. The van der Waals surface area contributed by atoms with Crippen molar-refractivity contribution in [3.05, 3.63) is 64.4 Å². The van der Waals surface area contributed by atoms with Gasteiger partial charge in [-0.3, -0.25) is 4.79 Å². The molecule has 0 aliphatic carbocycles. The molecule has 0 radical (unpaired) electrons. The van der Waals surface area contributed by atoms with Gasteiger partial charge in [0.1, 0.15) is 23.8 Å². The molecule has 2 aromatic carbocycles. The molecule has 1 aliphatic rings. The van der Waals surface area contributed by atoms with Crippen LogP contribution in [0.25, 0.3) is 11.0 Å². The zero-order chi connectivity index (χ0) is 22.8. The zero-order valence-electron chi connectivity index (χ0n) is 18.4. The fourth-order valence-corrected chi connectivity index (χ4v) is 5.66. The molecule has 0 saturated carbocycles. The van der Waals surface area contributed by atoms with Gasteiger partial charge in [-0.25, -0.2) is 0 Å². The van der Waals surface area contributed by atoms with Crippen LogP contribution in [-0.2, 0) is 12.3 Å². The molecular formula is C24H23N3O4S2. The molecule has 7 nitrogen and oxygen atoms in total. The highest BCUT2D eigenvalue weighted by Gasteiger charge is 2.26. The lowest BCUT2D eigenvalue weighted by atomic mass is 10.1. The van der Waals surface area contributed by atoms with Gasteiger partial charge in [-0.2, -0.15) is 0 Å². The first-order valence-electron chi connectivity index (χ1n) is 10.7. The summed E-state index contributed by atoms with van der Waals surface area (Å²) < 4.78 is 18.5. The average molecular weight is 482 g/mol. The molecule has 0 saturated heterocycles. The summed E-state index contributed by atoms with van der Waals surface area (Å²) in [5.74, 6) is 2.22. The van der Waals surface area contributed by atoms with Gasteiger partial charge >= 0.3 is 0 Å². The van der Waals surface area contributed by atoms with Gasteiger partial charge in [0.25, 0.3) is 5.91 Å². The van der Waals surface area contributed by atoms with Crippen molar-refractivity contribution in [2.75, 3.05) is 19.8 Å². The first-order chi connectivity index (χ1) is 16.1. The number of thioether (sulfide) groups is 1. The molecule has 0 bridgehead atoms. The molecule has 0 N–H and O–H groups in total. The van der Waals surface area contributed by atoms with Crippen LogP contribution in [0.4, 0.5) is 0 Å². The van der Waals surface area contributed by atoms with Crippen molar-refractivity contribution in [3.63, 3.8) is 0 Å². The third-order valence-corrected chi connectivity index (χ3v) is 7.42. The van der Waals surface area contributed by atoms with Gasteiger partial charge in [-0.05, 0) is 26.0 Å². The van der Waals surface area contributed by atoms with Crippen molar-refractivity contribution >= 4 is 40.0 Å². The molecule has 33 heavy (non-hydrogen) atoms. The van der Waals surface area contributed by atoms with Crippen LogP contribution in [0.2, 0.25) is 0 Å². The summed E-state index contributed by atoms with van der Waals surface area (Å²) >= 11 is 3.11. The van der Waals surface area contributed by atoms with Crippen molar-refractivity contribution in [2.45, 2.75) is 30.5 Å². The molecule has 170 valence electrons. The maximum Gasteiger partial charge on any atom is 0.290 e. The highest BCUT2D eigenvalue weighted by atomic mass is 32.2. The van der Waals surface area contributed by atoms with E-state index in [0.717, 1.165) is 31.6 Å². The number of aryl methyl sites for hydroxylation is 1. The number of carbonyl (C=O) groups is 1. The maximum absolute atomic E-state index is 13.7. The molecule has 9 heteroatoms. The molecule has 0 fully saturated rings. The van der Waals surface area contributed by atoms with E-state index in [1.165, 1.54) is 0 Å². The van der Waals surface area contributed by atoms with Gasteiger partial charge in [0.15, 0.2) is 21.6 Å². The number of carbonyl (C=O) groups excluding carboxylic acids is 1. The molecule has 2 aromatic heterocycles. The lowest BCUT2D eigenvalue weighted by Gasteiger charge is -2.25. The van der Waals surface area contributed by atoms with E-state index in [1.807, 2.05) is 56.3 Å². The van der Waals surface area contributed by atoms with E-state index in [-0.39, 0.29) is 5.91 Å². The number of hydrogen-bond donors (Lipinski definition) is 0. The molecule has 0 atom stereocenters. The third-order valence-electron chi connectivity index (χ3n) is 5.42. The predicted octanol–water partition coefficient (Wildman–Crippen LogP) is 5.32. The summed E-state index contributed by atoms with van der Waals surface area (Å²) in [6.45, 7) is 5.86. The van der Waals surface area contributed by atoms with Gasteiger partial charge in [0.05, 0.1) is 0 Å². The number of rotatable bonds is 7. The van der Waals surface area contributed by atoms with E-state index in [4.69, 9.17) is 13.9 Å². The number of amides is 1. The normalized spacial score (nSPS) is 12.8. The first-order valence-corrected chi connectivity index (χ1v) is 12.5. The second-order valence-electron chi connectivity index (χ2n) is 7.54. The molecule has 0 unspecified atom stereocenters. The lowest BCUT2D eigenvalue weighted by Crippen LogP contribution is -2.31. The second kappa shape index (κ2) is 9.44. The Kier molecular flexibility index (Phi) is 6.24. The summed E-state index contributed by atoms with van der Waals surface area (Å²) in [6.07, 6.45) is 0. The summed E-state index contributed by atoms with van der Waals surface area (Å²) in [7, 11) is 0. The van der Waals surface area contributed by atoms with Crippen LogP contribution in [0.1, 0.15) is 33.6 Å². The minimum absolute atomic E-state index is 0.146. The monoisotopic (exact) mass is 481 g/mol. The number of para-hydroxylation sites is 2. The minimum Gasteiger partial charge on any atom is -0.486 e. The average Bonchev–Trinajstić information content (AvgIpc) is 3.43. The molecule has 1 aliphatic heterocycles. The molecule has 4 aromatic rings. The predicted molar refractivity (Wildman–Crippen MR) is 128 cm³/mol. The lowest BCUT2D eigenvalue weighted by molar-refractivity contribution is 0.0718. The Morgan fingerprint density at radius 1 is 1.12 bits per heavy atom. The van der Waals surface area contributed by atoms with Crippen LogP contribution < -0.4 is 9.47 Å². The number of ether oxygens (including phenoxy) is 2. The van der Waals surface area contributed by atoms with E-state index in [0.29, 0.717) is 49.1 Å². The Labute approximate surface area is 199 Å². The number of aromatic nitrogens is 2. The third kappa shape index (κ3) is 4.43. The standard InChI is InChI=1S/C24H23N3O4S2/c1-3-27(13-16-7-6-10-20-21(16)30-12-11-29-20)23(28)22-18(14-32-24-26-25-15(2)33-24)17-8-4-5-9-19(17)31-22/h4-10H,3,11-14H2,1-2H3. The fraction of sp³-hybridized carbons (Fsp3) is 0.292. The van der Waals surface area contributed by atoms with E-state index in [1.54, 1.807) is 28.0 Å². The number of benzene rings is 2. The van der Waals surface area contributed by atoms with Crippen LogP contribution in [0, 0.1) is 6.92 Å². The van der Waals surface area contributed by atoms with Crippen LogP contribution in [0.3, 0.4) is 0 Å². The topological polar surface area (TPSA) is 77.7 Å². The van der Waals surface area contributed by atoms with Crippen molar-refractivity contribution in [3.8, 4) is 11.5 Å². The van der Waals surface area contributed by atoms with Crippen molar-refractivity contribution in [2.24, 2.45) is 0 Å². The molecule has 1 amide bonds. The van der Waals surface area contributed by atoms with E-state index >= 15 is 0 Å². The zero-order valence-corrected chi connectivity index (χ0v) is 20.0. The van der Waals surface area contributed by atoms with Gasteiger partial charge < -0.3 is 18.8 Å². The van der Waals surface area contributed by atoms with Crippen molar-refractivity contribution < 1.29 is 18.7 Å². The molecular weight excluding hydrogens is 458 g/mol. The molecule has 3 heterocycles. The smallest absolute Gasteiger partial charge is 0.290 e. The van der Waals surface area contributed by atoms with E-state index in [9.17, 15) is 4.79 Å². The second-order valence-corrected chi connectivity index (χ2v) is 9.95. The van der Waals surface area contributed by atoms with Gasteiger partial charge in [0, 0.05) is 35.4 Å². The SMILES string of the molecule is CCN(Cc1cccc2c1OCCO2)C(=O)c1oc2ccccc2c1CSc1nnc(C)s1. The summed E-state index contributed by atoms with van der Waals surface area (Å²) in [4.78, 5) is 15.5. The minimum atomic E-state index is -0.146. The Balaban J connectivity index is 1.45. The summed E-state index contributed by atoms with van der Waals surface area (Å²) in [5.41, 5.74) is 2.50.